The third-order valence-corrected chi connectivity index (χ3v) is 1.60. The van der Waals surface area contributed by atoms with E-state index in [4.69, 9.17) is 0 Å². The van der Waals surface area contributed by atoms with Gasteiger partial charge in [-0.1, -0.05) is 0 Å². The lowest BCUT2D eigenvalue weighted by Crippen LogP contribution is -1.93. The summed E-state index contributed by atoms with van der Waals surface area (Å²) in [5, 5.41) is 0. The first kappa shape index (κ1) is 7.19. The first-order valence-corrected chi connectivity index (χ1v) is 3.21. The fraction of sp³-hybridized carbons (Fsp3) is 0.375. The lowest BCUT2D eigenvalue weighted by molar-refractivity contribution is 0.569. The van der Waals surface area contributed by atoms with Gasteiger partial charge in [0.2, 0.25) is 5.95 Å². The topological polar surface area (TPSA) is 12.9 Å². The van der Waals surface area contributed by atoms with E-state index in [-0.39, 0.29) is 5.95 Å². The number of aryl methyl sites for hydroxylation is 2. The van der Waals surface area contributed by atoms with E-state index in [1.165, 1.54) is 0 Å². The Hall–Kier alpha value is -0.920. The lowest BCUT2D eigenvalue weighted by atomic mass is 10.1. The van der Waals surface area contributed by atoms with Crippen LogP contribution in [0.4, 0.5) is 4.39 Å². The van der Waals surface area contributed by atoms with Crippen LogP contribution in [-0.2, 0) is 0 Å². The molecule has 0 aliphatic carbocycles. The van der Waals surface area contributed by atoms with E-state index < -0.39 is 0 Å². The molecule has 2 heteroatoms. The number of aromatic nitrogens is 1. The second kappa shape index (κ2) is 2.37. The van der Waals surface area contributed by atoms with Crippen molar-refractivity contribution in [2.24, 2.45) is 0 Å². The summed E-state index contributed by atoms with van der Waals surface area (Å²) in [5.74, 6) is -0.350. The van der Waals surface area contributed by atoms with Gasteiger partial charge in [-0.15, -0.1) is 0 Å². The average molecular weight is 139 g/mol. The second-order valence-corrected chi connectivity index (χ2v) is 2.50. The minimum Gasteiger partial charge on any atom is -0.225 e. The van der Waals surface area contributed by atoms with Gasteiger partial charge in [-0.25, -0.2) is 4.98 Å². The van der Waals surface area contributed by atoms with Crippen LogP contribution in [0.15, 0.2) is 6.07 Å². The minimum atomic E-state index is -0.350. The Morgan fingerprint density at radius 2 is 1.90 bits per heavy atom. The number of pyridine rings is 1. The van der Waals surface area contributed by atoms with E-state index in [0.717, 1.165) is 11.3 Å². The number of hydrogen-bond acceptors (Lipinski definition) is 1. The Kier molecular flexibility index (Phi) is 1.70. The van der Waals surface area contributed by atoms with E-state index in [1.54, 1.807) is 13.8 Å². The summed E-state index contributed by atoms with van der Waals surface area (Å²) in [4.78, 5) is 3.67. The predicted molar refractivity (Wildman–Crippen MR) is 38.4 cm³/mol. The van der Waals surface area contributed by atoms with Crippen molar-refractivity contribution in [2.75, 3.05) is 0 Å². The van der Waals surface area contributed by atoms with Crippen molar-refractivity contribution in [3.8, 4) is 0 Å². The number of rotatable bonds is 0. The van der Waals surface area contributed by atoms with Crippen LogP contribution >= 0.6 is 0 Å². The molecule has 0 aliphatic heterocycles. The van der Waals surface area contributed by atoms with Gasteiger partial charge in [0.15, 0.2) is 0 Å². The van der Waals surface area contributed by atoms with E-state index in [0.29, 0.717) is 5.56 Å². The average Bonchev–Trinajstić information content (AvgIpc) is 1.82. The zero-order chi connectivity index (χ0) is 7.72. The Bertz CT molecular complexity index is 232. The van der Waals surface area contributed by atoms with E-state index in [9.17, 15) is 4.39 Å². The fourth-order valence-corrected chi connectivity index (χ4v) is 0.855. The molecule has 1 aromatic rings. The molecule has 0 unspecified atom stereocenters. The third-order valence-electron chi connectivity index (χ3n) is 1.60. The molecule has 0 amide bonds. The van der Waals surface area contributed by atoms with Crippen LogP contribution in [0.5, 0.6) is 0 Å². The Morgan fingerprint density at radius 1 is 1.30 bits per heavy atom. The molecular weight excluding hydrogens is 129 g/mol. The molecule has 1 heterocycles. The van der Waals surface area contributed by atoms with Gasteiger partial charge in [-0.2, -0.15) is 4.39 Å². The largest absolute Gasteiger partial charge is 0.225 e. The molecule has 54 valence electrons. The second-order valence-electron chi connectivity index (χ2n) is 2.50. The van der Waals surface area contributed by atoms with Gasteiger partial charge in [-0.3, -0.25) is 0 Å². The lowest BCUT2D eigenvalue weighted by Gasteiger charge is -2.00. The summed E-state index contributed by atoms with van der Waals surface area (Å²) in [6.45, 7) is 5.40. The highest BCUT2D eigenvalue weighted by Gasteiger charge is 2.01. The fourth-order valence-electron chi connectivity index (χ4n) is 0.855. The quantitative estimate of drug-likeness (QED) is 0.502. The van der Waals surface area contributed by atoms with Crippen molar-refractivity contribution < 1.29 is 4.39 Å². The molecule has 0 fully saturated rings. The number of halogens is 1. The van der Waals surface area contributed by atoms with Crippen LogP contribution in [0, 0.1) is 26.7 Å². The first-order valence-electron chi connectivity index (χ1n) is 3.21. The maximum Gasteiger partial charge on any atom is 0.216 e. The van der Waals surface area contributed by atoms with E-state index >= 15 is 0 Å². The highest BCUT2D eigenvalue weighted by Crippen LogP contribution is 2.09. The van der Waals surface area contributed by atoms with Crippen LogP contribution in [0.2, 0.25) is 0 Å². The summed E-state index contributed by atoms with van der Waals surface area (Å²) in [6, 6.07) is 1.87. The standard InChI is InChI=1S/C8H10FN/c1-5-4-6(2)10-8(9)7(5)3/h4H,1-3H3. The van der Waals surface area contributed by atoms with Crippen molar-refractivity contribution >= 4 is 0 Å². The summed E-state index contributed by atoms with van der Waals surface area (Å²) < 4.78 is 12.7. The molecule has 0 spiro atoms. The Labute approximate surface area is 59.9 Å². The summed E-state index contributed by atoms with van der Waals surface area (Å²) in [6.07, 6.45) is 0. The zero-order valence-corrected chi connectivity index (χ0v) is 6.40. The van der Waals surface area contributed by atoms with Crippen LogP contribution in [0.3, 0.4) is 0 Å². The van der Waals surface area contributed by atoms with Crippen molar-refractivity contribution in [3.63, 3.8) is 0 Å². The van der Waals surface area contributed by atoms with Gasteiger partial charge < -0.3 is 0 Å². The molecule has 1 rings (SSSR count). The molecule has 0 N–H and O–H groups in total. The van der Waals surface area contributed by atoms with Gasteiger partial charge in [0.05, 0.1) is 0 Å². The molecule has 1 nitrogen and oxygen atoms in total. The maximum atomic E-state index is 12.7. The third kappa shape index (κ3) is 1.15. The summed E-state index contributed by atoms with van der Waals surface area (Å²) >= 11 is 0. The van der Waals surface area contributed by atoms with Gasteiger partial charge in [0.1, 0.15) is 0 Å². The Balaban J connectivity index is 3.31. The molecule has 0 saturated carbocycles. The first-order chi connectivity index (χ1) is 4.61. The predicted octanol–water partition coefficient (Wildman–Crippen LogP) is 2.15. The molecule has 0 radical (unpaired) electrons. The molecule has 10 heavy (non-hydrogen) atoms. The molecular formula is C8H10FN. The van der Waals surface area contributed by atoms with Crippen molar-refractivity contribution in [3.05, 3.63) is 28.8 Å². The Morgan fingerprint density at radius 3 is 2.40 bits per heavy atom. The molecule has 0 saturated heterocycles. The highest BCUT2D eigenvalue weighted by molar-refractivity contribution is 5.24. The SMILES string of the molecule is Cc1cc(C)c(C)c(F)n1. The van der Waals surface area contributed by atoms with E-state index in [1.807, 2.05) is 13.0 Å². The van der Waals surface area contributed by atoms with Crippen LogP contribution < -0.4 is 0 Å². The molecule has 0 bridgehead atoms. The van der Waals surface area contributed by atoms with Gasteiger partial charge in [0, 0.05) is 11.3 Å². The molecule has 1 aromatic heterocycles. The van der Waals surface area contributed by atoms with Crippen molar-refractivity contribution in [2.45, 2.75) is 20.8 Å². The van der Waals surface area contributed by atoms with E-state index in [2.05, 4.69) is 4.98 Å². The molecule has 0 aliphatic rings. The maximum absolute atomic E-state index is 12.7. The summed E-state index contributed by atoms with van der Waals surface area (Å²) in [7, 11) is 0. The highest BCUT2D eigenvalue weighted by atomic mass is 19.1. The normalized spacial score (nSPS) is 10.0. The van der Waals surface area contributed by atoms with Crippen molar-refractivity contribution in [1.82, 2.24) is 4.98 Å². The molecule has 0 aromatic carbocycles. The number of nitrogens with zero attached hydrogens (tertiary/aromatic N) is 1. The van der Waals surface area contributed by atoms with Gasteiger partial charge in [-0.05, 0) is 32.4 Å². The van der Waals surface area contributed by atoms with Crippen molar-refractivity contribution in [1.29, 1.82) is 0 Å². The monoisotopic (exact) mass is 139 g/mol. The van der Waals surface area contributed by atoms with Gasteiger partial charge in [0.25, 0.3) is 0 Å². The molecule has 0 atom stereocenters. The zero-order valence-electron chi connectivity index (χ0n) is 6.40. The summed E-state index contributed by atoms with van der Waals surface area (Å²) in [5.41, 5.74) is 2.34. The smallest absolute Gasteiger partial charge is 0.216 e. The van der Waals surface area contributed by atoms with Gasteiger partial charge >= 0.3 is 0 Å². The van der Waals surface area contributed by atoms with Crippen LogP contribution in [0.1, 0.15) is 16.8 Å². The number of hydrogen-bond donors (Lipinski definition) is 0. The minimum absolute atomic E-state index is 0.350. The van der Waals surface area contributed by atoms with Crippen LogP contribution in [-0.4, -0.2) is 4.98 Å². The van der Waals surface area contributed by atoms with Crippen LogP contribution in [0.25, 0.3) is 0 Å².